The minimum Gasteiger partial charge on any atom is -0.504 e. The normalized spacial score (nSPS) is 17.6. The molecule has 0 spiro atoms. The molecule has 1 aliphatic heterocycles. The second-order valence-corrected chi connectivity index (χ2v) is 5.89. The van der Waals surface area contributed by atoms with Gasteiger partial charge in [-0.2, -0.15) is 0 Å². The van der Waals surface area contributed by atoms with Gasteiger partial charge in [-0.15, -0.1) is 12.4 Å². The summed E-state index contributed by atoms with van der Waals surface area (Å²) >= 11 is 0. The first-order valence-corrected chi connectivity index (χ1v) is 6.84. The van der Waals surface area contributed by atoms with Crippen molar-refractivity contribution in [3.8, 4) is 11.5 Å². The van der Waals surface area contributed by atoms with Gasteiger partial charge in [0, 0.05) is 24.6 Å². The quantitative estimate of drug-likeness (QED) is 0.820. The van der Waals surface area contributed by atoms with Crippen molar-refractivity contribution in [3.05, 3.63) is 17.7 Å². The van der Waals surface area contributed by atoms with Crippen molar-refractivity contribution < 1.29 is 15.0 Å². The summed E-state index contributed by atoms with van der Waals surface area (Å²) in [4.78, 5) is 16.2. The third-order valence-electron chi connectivity index (χ3n) is 3.81. The van der Waals surface area contributed by atoms with Crippen LogP contribution in [-0.4, -0.2) is 47.7 Å². The Bertz CT molecular complexity index is 532. The van der Waals surface area contributed by atoms with E-state index in [0.717, 1.165) is 12.0 Å². The average Bonchev–Trinajstić information content (AvgIpc) is 2.38. The lowest BCUT2D eigenvalue weighted by atomic mass is 9.95. The number of fused-ring (bicyclic) bond motifs is 1. The van der Waals surface area contributed by atoms with Gasteiger partial charge in [0.2, 0.25) is 5.91 Å². The number of aromatic hydroxyl groups is 2. The zero-order valence-electron chi connectivity index (χ0n) is 12.8. The van der Waals surface area contributed by atoms with Crippen LogP contribution >= 0.6 is 12.4 Å². The molecule has 1 aromatic rings. The van der Waals surface area contributed by atoms with Crippen LogP contribution in [0.5, 0.6) is 11.5 Å². The topological polar surface area (TPSA) is 64.0 Å². The predicted molar refractivity (Wildman–Crippen MR) is 85.4 cm³/mol. The monoisotopic (exact) mass is 314 g/mol. The van der Waals surface area contributed by atoms with Crippen LogP contribution in [0, 0.1) is 5.92 Å². The van der Waals surface area contributed by atoms with Crippen LogP contribution in [0.2, 0.25) is 0 Å². The molecule has 1 amide bonds. The van der Waals surface area contributed by atoms with Crippen LogP contribution in [0.25, 0.3) is 0 Å². The van der Waals surface area contributed by atoms with Crippen molar-refractivity contribution in [1.29, 1.82) is 0 Å². The van der Waals surface area contributed by atoms with E-state index in [4.69, 9.17) is 0 Å². The number of anilines is 1. The van der Waals surface area contributed by atoms with E-state index in [1.807, 2.05) is 27.9 Å². The van der Waals surface area contributed by atoms with Crippen LogP contribution in [0.4, 0.5) is 5.69 Å². The standard InChI is InChI=1S/C15H22N2O3.ClH/c1-9(2)15(20)17-8-11(16(3)4)5-10-6-13(18)14(19)7-12(10)17;/h6-7,9,11,18-19H,5,8H2,1-4H3;1H. The van der Waals surface area contributed by atoms with E-state index in [-0.39, 0.29) is 41.8 Å². The second-order valence-electron chi connectivity index (χ2n) is 5.89. The number of likely N-dealkylation sites (N-methyl/N-ethyl adjacent to an activating group) is 1. The van der Waals surface area contributed by atoms with E-state index in [9.17, 15) is 15.0 Å². The van der Waals surface area contributed by atoms with Crippen molar-refractivity contribution in [1.82, 2.24) is 4.90 Å². The largest absolute Gasteiger partial charge is 0.504 e. The van der Waals surface area contributed by atoms with Crippen LogP contribution in [0.1, 0.15) is 19.4 Å². The van der Waals surface area contributed by atoms with Gasteiger partial charge in [0.15, 0.2) is 11.5 Å². The summed E-state index contributed by atoms with van der Waals surface area (Å²) in [6.45, 7) is 4.32. The lowest BCUT2D eigenvalue weighted by molar-refractivity contribution is -0.121. The molecular formula is C15H23ClN2O3. The van der Waals surface area contributed by atoms with Gasteiger partial charge in [-0.3, -0.25) is 4.79 Å². The number of rotatable bonds is 2. The number of nitrogens with zero attached hydrogens (tertiary/aromatic N) is 2. The number of carbonyl (C=O) groups is 1. The molecule has 1 atom stereocenters. The Labute approximate surface area is 131 Å². The summed E-state index contributed by atoms with van der Waals surface area (Å²) in [5, 5.41) is 19.4. The Morgan fingerprint density at radius 3 is 2.38 bits per heavy atom. The van der Waals surface area contributed by atoms with Gasteiger partial charge in [0.25, 0.3) is 0 Å². The summed E-state index contributed by atoms with van der Waals surface area (Å²) in [5.41, 5.74) is 1.59. The highest BCUT2D eigenvalue weighted by atomic mass is 35.5. The van der Waals surface area contributed by atoms with E-state index in [0.29, 0.717) is 12.2 Å². The highest BCUT2D eigenvalue weighted by molar-refractivity contribution is 5.96. The average molecular weight is 315 g/mol. The maximum Gasteiger partial charge on any atom is 0.229 e. The summed E-state index contributed by atoms with van der Waals surface area (Å²) in [5.74, 6) is -0.406. The van der Waals surface area contributed by atoms with E-state index < -0.39 is 0 Å². The van der Waals surface area contributed by atoms with Crippen molar-refractivity contribution in [2.75, 3.05) is 25.5 Å². The van der Waals surface area contributed by atoms with Gasteiger partial charge in [0.1, 0.15) is 0 Å². The number of halogens is 1. The van der Waals surface area contributed by atoms with Crippen molar-refractivity contribution in [2.24, 2.45) is 5.92 Å². The molecule has 1 aromatic carbocycles. The lowest BCUT2D eigenvalue weighted by Gasteiger charge is -2.38. The number of carbonyl (C=O) groups excluding carboxylic acids is 1. The Kier molecular flexibility index (Phi) is 5.48. The number of phenols is 2. The molecule has 1 unspecified atom stereocenters. The molecule has 0 radical (unpaired) electrons. The fraction of sp³-hybridized carbons (Fsp3) is 0.533. The molecule has 0 saturated carbocycles. The van der Waals surface area contributed by atoms with Gasteiger partial charge in [-0.1, -0.05) is 13.8 Å². The molecule has 5 nitrogen and oxygen atoms in total. The molecule has 0 bridgehead atoms. The first kappa shape index (κ1) is 17.6. The van der Waals surface area contributed by atoms with E-state index in [2.05, 4.69) is 4.90 Å². The van der Waals surface area contributed by atoms with Gasteiger partial charge < -0.3 is 20.0 Å². The third-order valence-corrected chi connectivity index (χ3v) is 3.81. The van der Waals surface area contributed by atoms with Crippen LogP contribution in [0.15, 0.2) is 12.1 Å². The molecular weight excluding hydrogens is 292 g/mol. The Hall–Kier alpha value is -1.46. The molecule has 118 valence electrons. The lowest BCUT2D eigenvalue weighted by Crippen LogP contribution is -2.49. The third kappa shape index (κ3) is 3.41. The number of hydrogen-bond donors (Lipinski definition) is 2. The van der Waals surface area contributed by atoms with Crippen LogP contribution in [0.3, 0.4) is 0 Å². The number of hydrogen-bond acceptors (Lipinski definition) is 4. The highest BCUT2D eigenvalue weighted by Crippen LogP contribution is 2.37. The maximum atomic E-state index is 12.4. The minimum absolute atomic E-state index is 0. The number of benzene rings is 1. The van der Waals surface area contributed by atoms with Gasteiger partial charge in [-0.25, -0.2) is 0 Å². The molecule has 6 heteroatoms. The Morgan fingerprint density at radius 2 is 1.86 bits per heavy atom. The number of phenolic OH excluding ortho intramolecular Hbond substituents is 2. The second kappa shape index (κ2) is 6.54. The van der Waals surface area contributed by atoms with Crippen molar-refractivity contribution in [2.45, 2.75) is 26.3 Å². The van der Waals surface area contributed by atoms with Gasteiger partial charge in [0.05, 0.1) is 5.69 Å². The summed E-state index contributed by atoms with van der Waals surface area (Å²) in [7, 11) is 3.96. The zero-order chi connectivity index (χ0) is 15.0. The fourth-order valence-electron chi connectivity index (χ4n) is 2.52. The molecule has 0 aromatic heterocycles. The first-order chi connectivity index (χ1) is 9.31. The fourth-order valence-corrected chi connectivity index (χ4v) is 2.52. The Balaban J connectivity index is 0.00000220. The molecule has 0 aliphatic carbocycles. The summed E-state index contributed by atoms with van der Waals surface area (Å²) in [6, 6.07) is 3.24. The summed E-state index contributed by atoms with van der Waals surface area (Å²) in [6.07, 6.45) is 0.748. The smallest absolute Gasteiger partial charge is 0.229 e. The molecule has 0 saturated heterocycles. The van der Waals surface area contributed by atoms with Gasteiger partial charge in [-0.05, 0) is 32.1 Å². The minimum atomic E-state index is -0.186. The van der Waals surface area contributed by atoms with Crippen LogP contribution in [-0.2, 0) is 11.2 Å². The molecule has 2 rings (SSSR count). The van der Waals surface area contributed by atoms with Gasteiger partial charge >= 0.3 is 0 Å². The molecule has 0 fully saturated rings. The highest BCUT2D eigenvalue weighted by Gasteiger charge is 2.31. The van der Waals surface area contributed by atoms with E-state index in [1.165, 1.54) is 6.07 Å². The predicted octanol–water partition coefficient (Wildman–Crippen LogP) is 1.99. The molecule has 1 heterocycles. The maximum absolute atomic E-state index is 12.4. The van der Waals surface area contributed by atoms with Crippen LogP contribution < -0.4 is 4.90 Å². The van der Waals surface area contributed by atoms with E-state index in [1.54, 1.807) is 11.0 Å². The van der Waals surface area contributed by atoms with Crippen molar-refractivity contribution in [3.63, 3.8) is 0 Å². The summed E-state index contributed by atoms with van der Waals surface area (Å²) < 4.78 is 0. The number of amides is 1. The first-order valence-electron chi connectivity index (χ1n) is 6.84. The molecule has 2 N–H and O–H groups in total. The Morgan fingerprint density at radius 1 is 1.29 bits per heavy atom. The molecule has 21 heavy (non-hydrogen) atoms. The molecule has 1 aliphatic rings. The van der Waals surface area contributed by atoms with E-state index >= 15 is 0 Å². The SMILES string of the molecule is CC(C)C(=O)N1CC(N(C)C)Cc2cc(O)c(O)cc21.Cl. The zero-order valence-corrected chi connectivity index (χ0v) is 13.6. The van der Waals surface area contributed by atoms with Crippen molar-refractivity contribution >= 4 is 24.0 Å².